The summed E-state index contributed by atoms with van der Waals surface area (Å²) in [6.07, 6.45) is 0. The Labute approximate surface area is 105 Å². The molecule has 0 saturated carbocycles. The van der Waals surface area contributed by atoms with Crippen LogP contribution in [0.5, 0.6) is 0 Å². The Kier molecular flexibility index (Phi) is 2.99. The molecule has 0 saturated heterocycles. The zero-order valence-corrected chi connectivity index (χ0v) is 10.8. The molecule has 0 spiro atoms. The summed E-state index contributed by atoms with van der Waals surface area (Å²) < 4.78 is 14.8. The topological polar surface area (TPSA) is 48.0 Å². The smallest absolute Gasteiger partial charge is 0.254 e. The lowest BCUT2D eigenvalue weighted by Crippen LogP contribution is -2.36. The summed E-state index contributed by atoms with van der Waals surface area (Å²) in [5.74, 6) is -0.308. The van der Waals surface area contributed by atoms with Gasteiger partial charge in [0.2, 0.25) is 0 Å². The summed E-state index contributed by atoms with van der Waals surface area (Å²) >= 11 is 0. The van der Waals surface area contributed by atoms with Crippen molar-refractivity contribution in [3.63, 3.8) is 0 Å². The standard InChI is InChI=1S/C14H17FN2O/c1-14(2,8-16)11-7-9-6-10(15)4-5-12(9)17(3)13(11)18/h4-7H,8,16H2,1-3H3. The third kappa shape index (κ3) is 1.93. The molecule has 0 aliphatic rings. The number of nitrogens with two attached hydrogens (primary N) is 1. The van der Waals surface area contributed by atoms with Gasteiger partial charge >= 0.3 is 0 Å². The quantitative estimate of drug-likeness (QED) is 0.882. The van der Waals surface area contributed by atoms with Crippen molar-refractivity contribution in [2.45, 2.75) is 19.3 Å². The second-order valence-electron chi connectivity index (χ2n) is 5.21. The first-order valence-corrected chi connectivity index (χ1v) is 5.86. The Morgan fingerprint density at radius 2 is 2.00 bits per heavy atom. The van der Waals surface area contributed by atoms with E-state index in [1.165, 1.54) is 12.1 Å². The molecule has 0 fully saturated rings. The Morgan fingerprint density at radius 1 is 1.33 bits per heavy atom. The van der Waals surface area contributed by atoms with Crippen LogP contribution < -0.4 is 11.3 Å². The molecule has 0 unspecified atom stereocenters. The summed E-state index contributed by atoms with van der Waals surface area (Å²) in [5, 5.41) is 0.716. The zero-order valence-electron chi connectivity index (χ0n) is 10.8. The van der Waals surface area contributed by atoms with Gasteiger partial charge < -0.3 is 10.3 Å². The number of hydrogen-bond acceptors (Lipinski definition) is 2. The average molecular weight is 248 g/mol. The van der Waals surface area contributed by atoms with E-state index in [0.29, 0.717) is 17.5 Å². The first-order valence-electron chi connectivity index (χ1n) is 5.86. The molecular weight excluding hydrogens is 231 g/mol. The normalized spacial score (nSPS) is 12.1. The van der Waals surface area contributed by atoms with Gasteiger partial charge in [0.15, 0.2) is 0 Å². The second-order valence-corrected chi connectivity index (χ2v) is 5.21. The predicted octanol–water partition coefficient (Wildman–Crippen LogP) is 1.91. The number of halogens is 1. The van der Waals surface area contributed by atoms with Crippen LogP contribution in [0.15, 0.2) is 29.1 Å². The number of fused-ring (bicyclic) bond motifs is 1. The molecule has 1 heterocycles. The van der Waals surface area contributed by atoms with Gasteiger partial charge in [0.05, 0.1) is 5.52 Å². The lowest BCUT2D eigenvalue weighted by molar-refractivity contribution is 0.528. The van der Waals surface area contributed by atoms with Gasteiger partial charge in [-0.3, -0.25) is 4.79 Å². The summed E-state index contributed by atoms with van der Waals surface area (Å²) in [7, 11) is 1.69. The van der Waals surface area contributed by atoms with Gasteiger partial charge in [-0.2, -0.15) is 0 Å². The van der Waals surface area contributed by atoms with E-state index in [1.54, 1.807) is 23.7 Å². The average Bonchev–Trinajstić information content (AvgIpc) is 2.33. The largest absolute Gasteiger partial charge is 0.330 e. The van der Waals surface area contributed by atoms with Crippen molar-refractivity contribution in [1.82, 2.24) is 4.57 Å². The van der Waals surface area contributed by atoms with Crippen molar-refractivity contribution in [2.75, 3.05) is 6.54 Å². The van der Waals surface area contributed by atoms with E-state index in [4.69, 9.17) is 5.73 Å². The van der Waals surface area contributed by atoms with E-state index in [9.17, 15) is 9.18 Å². The van der Waals surface area contributed by atoms with E-state index in [2.05, 4.69) is 0 Å². The Balaban J connectivity index is 2.85. The predicted molar refractivity (Wildman–Crippen MR) is 71.2 cm³/mol. The van der Waals surface area contributed by atoms with Crippen LogP contribution in [0.1, 0.15) is 19.4 Å². The van der Waals surface area contributed by atoms with E-state index in [0.717, 1.165) is 5.52 Å². The van der Waals surface area contributed by atoms with Crippen molar-refractivity contribution in [2.24, 2.45) is 12.8 Å². The van der Waals surface area contributed by atoms with Crippen LogP contribution in [0.3, 0.4) is 0 Å². The minimum Gasteiger partial charge on any atom is -0.330 e. The molecule has 18 heavy (non-hydrogen) atoms. The fourth-order valence-electron chi connectivity index (χ4n) is 2.05. The molecule has 96 valence electrons. The van der Waals surface area contributed by atoms with E-state index in [1.807, 2.05) is 13.8 Å². The van der Waals surface area contributed by atoms with E-state index in [-0.39, 0.29) is 11.4 Å². The molecule has 2 N–H and O–H groups in total. The number of rotatable bonds is 2. The fourth-order valence-corrected chi connectivity index (χ4v) is 2.05. The lowest BCUT2D eigenvalue weighted by Gasteiger charge is -2.23. The van der Waals surface area contributed by atoms with Gasteiger partial charge in [-0.05, 0) is 24.3 Å². The number of pyridine rings is 1. The minimum absolute atomic E-state index is 0.0791. The van der Waals surface area contributed by atoms with Crippen LogP contribution in [-0.4, -0.2) is 11.1 Å². The third-order valence-corrected chi connectivity index (χ3v) is 3.43. The Bertz CT molecular complexity index is 659. The van der Waals surface area contributed by atoms with Gasteiger partial charge in [-0.1, -0.05) is 13.8 Å². The molecule has 0 aliphatic heterocycles. The molecule has 1 aromatic carbocycles. The summed E-state index contributed by atoms with van der Waals surface area (Å²) in [4.78, 5) is 12.3. The fraction of sp³-hybridized carbons (Fsp3) is 0.357. The van der Waals surface area contributed by atoms with Gasteiger partial charge in [0, 0.05) is 30.0 Å². The Hall–Kier alpha value is -1.68. The first kappa shape index (κ1) is 12.8. The first-order chi connectivity index (χ1) is 8.36. The van der Waals surface area contributed by atoms with Crippen LogP contribution in [-0.2, 0) is 12.5 Å². The van der Waals surface area contributed by atoms with Crippen molar-refractivity contribution in [3.8, 4) is 0 Å². The maximum absolute atomic E-state index is 13.3. The van der Waals surface area contributed by atoms with Crippen LogP contribution in [0.25, 0.3) is 10.9 Å². The van der Waals surface area contributed by atoms with Crippen molar-refractivity contribution in [3.05, 3.63) is 46.0 Å². The summed E-state index contributed by atoms with van der Waals surface area (Å²) in [6.45, 7) is 4.19. The lowest BCUT2D eigenvalue weighted by atomic mass is 9.85. The van der Waals surface area contributed by atoms with Crippen LogP contribution in [0.2, 0.25) is 0 Å². The highest BCUT2D eigenvalue weighted by molar-refractivity contribution is 5.79. The van der Waals surface area contributed by atoms with Crippen molar-refractivity contribution < 1.29 is 4.39 Å². The maximum atomic E-state index is 13.3. The van der Waals surface area contributed by atoms with Crippen molar-refractivity contribution in [1.29, 1.82) is 0 Å². The van der Waals surface area contributed by atoms with Crippen molar-refractivity contribution >= 4 is 10.9 Å². The Morgan fingerprint density at radius 3 is 2.61 bits per heavy atom. The molecule has 1 aromatic heterocycles. The molecule has 0 atom stereocenters. The summed E-state index contributed by atoms with van der Waals surface area (Å²) in [6, 6.07) is 6.15. The highest BCUT2D eigenvalue weighted by Crippen LogP contribution is 2.22. The van der Waals surface area contributed by atoms with Crippen LogP contribution >= 0.6 is 0 Å². The molecule has 0 aliphatic carbocycles. The van der Waals surface area contributed by atoms with Gasteiger partial charge in [-0.15, -0.1) is 0 Å². The number of aromatic nitrogens is 1. The van der Waals surface area contributed by atoms with Crippen LogP contribution in [0.4, 0.5) is 4.39 Å². The van der Waals surface area contributed by atoms with E-state index < -0.39 is 5.41 Å². The number of benzene rings is 1. The van der Waals surface area contributed by atoms with Gasteiger partial charge in [-0.25, -0.2) is 4.39 Å². The molecule has 2 aromatic rings. The van der Waals surface area contributed by atoms with Gasteiger partial charge in [0.1, 0.15) is 5.82 Å². The number of nitrogens with zero attached hydrogens (tertiary/aromatic N) is 1. The molecule has 3 nitrogen and oxygen atoms in total. The number of aryl methyl sites for hydroxylation is 1. The zero-order chi connectivity index (χ0) is 13.5. The second kappa shape index (κ2) is 4.21. The molecule has 0 radical (unpaired) electrons. The van der Waals surface area contributed by atoms with Crippen LogP contribution in [0, 0.1) is 5.82 Å². The third-order valence-electron chi connectivity index (χ3n) is 3.43. The maximum Gasteiger partial charge on any atom is 0.254 e. The summed E-state index contributed by atoms with van der Waals surface area (Å²) in [5.41, 5.74) is 6.55. The minimum atomic E-state index is -0.421. The molecule has 4 heteroatoms. The monoisotopic (exact) mass is 248 g/mol. The molecule has 2 rings (SSSR count). The highest BCUT2D eigenvalue weighted by Gasteiger charge is 2.23. The number of hydrogen-bond donors (Lipinski definition) is 1. The van der Waals surface area contributed by atoms with E-state index >= 15 is 0 Å². The highest BCUT2D eigenvalue weighted by atomic mass is 19.1. The molecule has 0 bridgehead atoms. The molecular formula is C14H17FN2O. The molecule has 0 amide bonds. The van der Waals surface area contributed by atoms with Gasteiger partial charge in [0.25, 0.3) is 5.56 Å². The SMILES string of the molecule is Cn1c(=O)c(C(C)(C)CN)cc2cc(F)ccc21.